The third-order valence-electron chi connectivity index (χ3n) is 3.45. The van der Waals surface area contributed by atoms with Gasteiger partial charge in [0.25, 0.3) is 5.91 Å². The summed E-state index contributed by atoms with van der Waals surface area (Å²) in [6, 6.07) is 10.5. The van der Waals surface area contributed by atoms with Crippen LogP contribution in [0.2, 0.25) is 0 Å². The molecule has 0 saturated heterocycles. The molecule has 1 atom stereocenters. The molecule has 0 heterocycles. The monoisotopic (exact) mass is 351 g/mol. The van der Waals surface area contributed by atoms with Crippen LogP contribution in [0.4, 0.5) is 4.39 Å². The van der Waals surface area contributed by atoms with E-state index in [0.717, 1.165) is 0 Å². The van der Waals surface area contributed by atoms with Crippen molar-refractivity contribution >= 4 is 21.8 Å². The van der Waals surface area contributed by atoms with Gasteiger partial charge in [-0.3, -0.25) is 4.79 Å². The Balaban J connectivity index is 2.29. The molecule has 1 unspecified atom stereocenters. The molecule has 1 amide bonds. The average Bonchev–Trinajstić information content (AvgIpc) is 2.45. The number of phenolic OH excluding ortho intramolecular Hbond substituents is 1. The quantitative estimate of drug-likeness (QED) is 0.903. The standard InChI is InChI=1S/C16H15BrFNO2/c1-10(12-5-3-4-6-15(12)20)19(2)16(21)13-8-7-11(18)9-14(13)17/h3-10,20H,1-2H3. The smallest absolute Gasteiger partial charge is 0.255 e. The molecule has 0 aliphatic carbocycles. The van der Waals surface area contributed by atoms with Crippen LogP contribution in [0.15, 0.2) is 46.9 Å². The fourth-order valence-electron chi connectivity index (χ4n) is 2.08. The first-order chi connectivity index (χ1) is 9.91. The van der Waals surface area contributed by atoms with E-state index in [9.17, 15) is 14.3 Å². The van der Waals surface area contributed by atoms with Crippen molar-refractivity contribution in [2.75, 3.05) is 7.05 Å². The molecule has 0 aromatic heterocycles. The minimum atomic E-state index is -0.408. The highest BCUT2D eigenvalue weighted by molar-refractivity contribution is 9.10. The number of carbonyl (C=O) groups is 1. The van der Waals surface area contributed by atoms with Crippen LogP contribution < -0.4 is 0 Å². The number of para-hydroxylation sites is 1. The van der Waals surface area contributed by atoms with Gasteiger partial charge in [0.15, 0.2) is 0 Å². The summed E-state index contributed by atoms with van der Waals surface area (Å²) in [6.07, 6.45) is 0. The Morgan fingerprint density at radius 3 is 2.57 bits per heavy atom. The number of halogens is 2. The van der Waals surface area contributed by atoms with Gasteiger partial charge in [-0.2, -0.15) is 0 Å². The van der Waals surface area contributed by atoms with Crippen molar-refractivity contribution < 1.29 is 14.3 Å². The first-order valence-electron chi connectivity index (χ1n) is 6.42. The van der Waals surface area contributed by atoms with Gasteiger partial charge in [-0.25, -0.2) is 4.39 Å². The Hall–Kier alpha value is -1.88. The number of rotatable bonds is 3. The van der Waals surface area contributed by atoms with Crippen molar-refractivity contribution in [2.45, 2.75) is 13.0 Å². The second-order valence-corrected chi connectivity index (χ2v) is 5.63. The molecule has 0 aliphatic heterocycles. The van der Waals surface area contributed by atoms with Gasteiger partial charge in [0, 0.05) is 17.1 Å². The van der Waals surface area contributed by atoms with Gasteiger partial charge in [-0.1, -0.05) is 18.2 Å². The zero-order valence-electron chi connectivity index (χ0n) is 11.7. The van der Waals surface area contributed by atoms with Crippen LogP contribution in [0.25, 0.3) is 0 Å². The molecule has 21 heavy (non-hydrogen) atoms. The van der Waals surface area contributed by atoms with Gasteiger partial charge in [0.1, 0.15) is 11.6 Å². The first kappa shape index (κ1) is 15.5. The van der Waals surface area contributed by atoms with Crippen LogP contribution in [0.5, 0.6) is 5.75 Å². The number of amides is 1. The molecule has 3 nitrogen and oxygen atoms in total. The average molecular weight is 352 g/mol. The molecular weight excluding hydrogens is 337 g/mol. The molecule has 2 aromatic rings. The summed E-state index contributed by atoms with van der Waals surface area (Å²) in [7, 11) is 1.65. The summed E-state index contributed by atoms with van der Waals surface area (Å²) >= 11 is 3.20. The highest BCUT2D eigenvalue weighted by atomic mass is 79.9. The minimum absolute atomic E-state index is 0.142. The van der Waals surface area contributed by atoms with Crippen LogP contribution in [-0.4, -0.2) is 23.0 Å². The molecule has 2 aromatic carbocycles. The Labute approximate surface area is 131 Å². The second kappa shape index (κ2) is 6.26. The van der Waals surface area contributed by atoms with Crippen molar-refractivity contribution in [1.29, 1.82) is 0 Å². The maximum atomic E-state index is 13.1. The number of hydrogen-bond donors (Lipinski definition) is 1. The largest absolute Gasteiger partial charge is 0.508 e. The number of phenols is 1. The lowest BCUT2D eigenvalue weighted by Crippen LogP contribution is -2.30. The van der Waals surface area contributed by atoms with Gasteiger partial charge in [0.05, 0.1) is 11.6 Å². The van der Waals surface area contributed by atoms with Gasteiger partial charge < -0.3 is 10.0 Å². The predicted octanol–water partition coefficient (Wildman–Crippen LogP) is 4.13. The molecule has 0 saturated carbocycles. The van der Waals surface area contributed by atoms with E-state index in [2.05, 4.69) is 15.9 Å². The van der Waals surface area contributed by atoms with E-state index in [-0.39, 0.29) is 17.7 Å². The van der Waals surface area contributed by atoms with E-state index in [1.807, 2.05) is 6.92 Å². The van der Waals surface area contributed by atoms with Crippen molar-refractivity contribution in [2.24, 2.45) is 0 Å². The van der Waals surface area contributed by atoms with Crippen LogP contribution in [-0.2, 0) is 0 Å². The Morgan fingerprint density at radius 2 is 1.95 bits per heavy atom. The summed E-state index contributed by atoms with van der Waals surface area (Å²) in [4.78, 5) is 14.0. The van der Waals surface area contributed by atoms with Crippen LogP contribution in [0.3, 0.4) is 0 Å². The number of carbonyl (C=O) groups excluding carboxylic acids is 1. The molecular formula is C16H15BrFNO2. The number of aromatic hydroxyl groups is 1. The number of nitrogens with zero attached hydrogens (tertiary/aromatic N) is 1. The number of hydrogen-bond acceptors (Lipinski definition) is 2. The van der Waals surface area contributed by atoms with Gasteiger partial charge >= 0.3 is 0 Å². The lowest BCUT2D eigenvalue weighted by Gasteiger charge is -2.26. The van der Waals surface area contributed by atoms with E-state index in [1.165, 1.54) is 23.1 Å². The van der Waals surface area contributed by atoms with E-state index in [4.69, 9.17) is 0 Å². The molecule has 5 heteroatoms. The molecule has 0 bridgehead atoms. The van der Waals surface area contributed by atoms with Crippen molar-refractivity contribution in [3.63, 3.8) is 0 Å². The SMILES string of the molecule is CC(c1ccccc1O)N(C)C(=O)c1ccc(F)cc1Br. The summed E-state index contributed by atoms with van der Waals surface area (Å²) in [5, 5.41) is 9.88. The lowest BCUT2D eigenvalue weighted by atomic mass is 10.1. The summed E-state index contributed by atoms with van der Waals surface area (Å²) in [6.45, 7) is 1.82. The Bertz CT molecular complexity index is 675. The maximum Gasteiger partial charge on any atom is 0.255 e. The van der Waals surface area contributed by atoms with Gasteiger partial charge in [-0.15, -0.1) is 0 Å². The third-order valence-corrected chi connectivity index (χ3v) is 4.11. The minimum Gasteiger partial charge on any atom is -0.508 e. The fourth-order valence-corrected chi connectivity index (χ4v) is 2.60. The van der Waals surface area contributed by atoms with Crippen LogP contribution in [0.1, 0.15) is 28.9 Å². The summed E-state index contributed by atoms with van der Waals surface area (Å²) < 4.78 is 13.5. The zero-order chi connectivity index (χ0) is 15.6. The van der Waals surface area contributed by atoms with Gasteiger partial charge in [-0.05, 0) is 47.1 Å². The molecule has 1 N–H and O–H groups in total. The molecule has 0 aliphatic rings. The van der Waals surface area contributed by atoms with Crippen molar-refractivity contribution in [3.05, 3.63) is 63.9 Å². The van der Waals surface area contributed by atoms with E-state index in [0.29, 0.717) is 15.6 Å². The summed E-state index contributed by atoms with van der Waals surface area (Å²) in [5.41, 5.74) is 1.03. The Morgan fingerprint density at radius 1 is 1.29 bits per heavy atom. The maximum absolute atomic E-state index is 13.1. The van der Waals surface area contributed by atoms with E-state index < -0.39 is 5.82 Å². The van der Waals surface area contributed by atoms with Crippen molar-refractivity contribution in [1.82, 2.24) is 4.90 Å². The lowest BCUT2D eigenvalue weighted by molar-refractivity contribution is 0.0740. The first-order valence-corrected chi connectivity index (χ1v) is 7.21. The van der Waals surface area contributed by atoms with Crippen LogP contribution in [0, 0.1) is 5.82 Å². The van der Waals surface area contributed by atoms with E-state index in [1.54, 1.807) is 31.3 Å². The fraction of sp³-hybridized carbons (Fsp3) is 0.188. The highest BCUT2D eigenvalue weighted by Gasteiger charge is 2.22. The predicted molar refractivity (Wildman–Crippen MR) is 82.7 cm³/mol. The molecule has 0 spiro atoms. The highest BCUT2D eigenvalue weighted by Crippen LogP contribution is 2.29. The van der Waals surface area contributed by atoms with E-state index >= 15 is 0 Å². The molecule has 2 rings (SSSR count). The van der Waals surface area contributed by atoms with Crippen LogP contribution >= 0.6 is 15.9 Å². The molecule has 0 radical (unpaired) electrons. The third kappa shape index (κ3) is 3.24. The van der Waals surface area contributed by atoms with Crippen molar-refractivity contribution in [3.8, 4) is 5.75 Å². The molecule has 110 valence electrons. The zero-order valence-corrected chi connectivity index (χ0v) is 13.3. The second-order valence-electron chi connectivity index (χ2n) is 4.78. The number of benzene rings is 2. The normalized spacial score (nSPS) is 12.0. The summed E-state index contributed by atoms with van der Waals surface area (Å²) in [5.74, 6) is -0.518. The van der Waals surface area contributed by atoms with Gasteiger partial charge in [0.2, 0.25) is 0 Å². The Kier molecular flexibility index (Phi) is 4.63. The molecule has 0 fully saturated rings. The topological polar surface area (TPSA) is 40.5 Å².